The van der Waals surface area contributed by atoms with Gasteiger partial charge in [0, 0.05) is 17.7 Å². The normalized spacial score (nSPS) is 26.2. The fourth-order valence-corrected chi connectivity index (χ4v) is 3.69. The van der Waals surface area contributed by atoms with Crippen LogP contribution in [-0.2, 0) is 11.2 Å². The second-order valence-electron chi connectivity index (χ2n) is 6.24. The lowest BCUT2D eigenvalue weighted by molar-refractivity contribution is -0.147. The standard InChI is InChI=1S/C16H23ClN2O/c17-14-4-2-12(3-5-14)10-15(19-18)13-6-9-20-16(11-13)7-1-8-16/h2-5,13,15,19H,1,6-11,18H2. The number of hydrazine groups is 1. The van der Waals surface area contributed by atoms with Crippen LogP contribution in [0.3, 0.4) is 0 Å². The zero-order chi connectivity index (χ0) is 14.0. The summed E-state index contributed by atoms with van der Waals surface area (Å²) >= 11 is 5.94. The van der Waals surface area contributed by atoms with Crippen molar-refractivity contribution in [3.8, 4) is 0 Å². The summed E-state index contributed by atoms with van der Waals surface area (Å²) in [5.74, 6) is 6.41. The molecule has 20 heavy (non-hydrogen) atoms. The van der Waals surface area contributed by atoms with Crippen LogP contribution in [0.1, 0.15) is 37.7 Å². The maximum absolute atomic E-state index is 6.01. The Morgan fingerprint density at radius 3 is 2.70 bits per heavy atom. The molecule has 1 spiro atoms. The van der Waals surface area contributed by atoms with E-state index in [9.17, 15) is 0 Å². The van der Waals surface area contributed by atoms with Gasteiger partial charge in [-0.2, -0.15) is 0 Å². The van der Waals surface area contributed by atoms with Gasteiger partial charge >= 0.3 is 0 Å². The van der Waals surface area contributed by atoms with Gasteiger partial charge in [-0.1, -0.05) is 23.7 Å². The molecule has 1 saturated carbocycles. The molecule has 0 amide bonds. The Hall–Kier alpha value is -0.610. The van der Waals surface area contributed by atoms with E-state index in [1.54, 1.807) is 0 Å². The van der Waals surface area contributed by atoms with Crippen molar-refractivity contribution in [2.24, 2.45) is 11.8 Å². The largest absolute Gasteiger partial charge is 0.375 e. The fourth-order valence-electron chi connectivity index (χ4n) is 3.56. The number of nitrogens with one attached hydrogen (secondary N) is 1. The van der Waals surface area contributed by atoms with E-state index in [0.717, 1.165) is 30.9 Å². The van der Waals surface area contributed by atoms with Crippen LogP contribution in [0.4, 0.5) is 0 Å². The molecule has 2 fully saturated rings. The van der Waals surface area contributed by atoms with Gasteiger partial charge in [-0.3, -0.25) is 11.3 Å². The lowest BCUT2D eigenvalue weighted by Crippen LogP contribution is -2.52. The van der Waals surface area contributed by atoms with Crippen LogP contribution < -0.4 is 11.3 Å². The third-order valence-corrected chi connectivity index (χ3v) is 5.20. The molecular weight excluding hydrogens is 272 g/mol. The summed E-state index contributed by atoms with van der Waals surface area (Å²) in [4.78, 5) is 0. The first-order valence-corrected chi connectivity index (χ1v) is 7.93. The topological polar surface area (TPSA) is 47.3 Å². The molecule has 2 aliphatic rings. The van der Waals surface area contributed by atoms with Crippen LogP contribution in [0.25, 0.3) is 0 Å². The van der Waals surface area contributed by atoms with E-state index in [0.29, 0.717) is 12.0 Å². The molecule has 1 aromatic carbocycles. The minimum absolute atomic E-state index is 0.179. The highest BCUT2D eigenvalue weighted by atomic mass is 35.5. The minimum Gasteiger partial charge on any atom is -0.375 e. The van der Waals surface area contributed by atoms with Gasteiger partial charge in [0.25, 0.3) is 0 Å². The Morgan fingerprint density at radius 1 is 1.35 bits per heavy atom. The fraction of sp³-hybridized carbons (Fsp3) is 0.625. The van der Waals surface area contributed by atoms with Gasteiger partial charge in [-0.25, -0.2) is 0 Å². The lowest BCUT2D eigenvalue weighted by Gasteiger charge is -2.48. The summed E-state index contributed by atoms with van der Waals surface area (Å²) < 4.78 is 6.01. The Bertz CT molecular complexity index is 444. The van der Waals surface area contributed by atoms with Crippen LogP contribution in [0.15, 0.2) is 24.3 Å². The molecule has 0 aromatic heterocycles. The smallest absolute Gasteiger partial charge is 0.0685 e. The Labute approximate surface area is 125 Å². The van der Waals surface area contributed by atoms with Crippen LogP contribution >= 0.6 is 11.6 Å². The van der Waals surface area contributed by atoms with Crippen molar-refractivity contribution in [2.75, 3.05) is 6.61 Å². The number of ether oxygens (including phenoxy) is 1. The third-order valence-electron chi connectivity index (χ3n) is 4.95. The Balaban J connectivity index is 1.65. The van der Waals surface area contributed by atoms with Crippen molar-refractivity contribution in [2.45, 2.75) is 50.2 Å². The number of hydrogen-bond donors (Lipinski definition) is 2. The van der Waals surface area contributed by atoms with E-state index in [1.165, 1.54) is 24.8 Å². The van der Waals surface area contributed by atoms with Gasteiger partial charge in [-0.15, -0.1) is 0 Å². The predicted octanol–water partition coefficient (Wildman–Crippen LogP) is 3.06. The quantitative estimate of drug-likeness (QED) is 0.663. The maximum atomic E-state index is 6.01. The third kappa shape index (κ3) is 3.01. The first-order chi connectivity index (χ1) is 9.71. The molecule has 0 bridgehead atoms. The van der Waals surface area contributed by atoms with E-state index in [2.05, 4.69) is 17.6 Å². The first-order valence-electron chi connectivity index (χ1n) is 7.55. The van der Waals surface area contributed by atoms with Crippen molar-refractivity contribution < 1.29 is 4.74 Å². The van der Waals surface area contributed by atoms with E-state index in [4.69, 9.17) is 22.2 Å². The van der Waals surface area contributed by atoms with E-state index in [1.807, 2.05) is 12.1 Å². The van der Waals surface area contributed by atoms with Crippen LogP contribution in [0.5, 0.6) is 0 Å². The van der Waals surface area contributed by atoms with Crippen molar-refractivity contribution in [3.05, 3.63) is 34.9 Å². The number of hydrogen-bond acceptors (Lipinski definition) is 3. The number of rotatable bonds is 4. The molecule has 110 valence electrons. The van der Waals surface area contributed by atoms with Crippen LogP contribution in [-0.4, -0.2) is 18.2 Å². The predicted molar refractivity (Wildman–Crippen MR) is 81.5 cm³/mol. The number of nitrogens with two attached hydrogens (primary N) is 1. The van der Waals surface area contributed by atoms with Gasteiger partial charge in [-0.05, 0) is 62.1 Å². The summed E-state index contributed by atoms with van der Waals surface area (Å²) in [6.45, 7) is 0.878. The summed E-state index contributed by atoms with van der Waals surface area (Å²) in [6, 6.07) is 8.39. The Morgan fingerprint density at radius 2 is 2.10 bits per heavy atom. The van der Waals surface area contributed by atoms with E-state index >= 15 is 0 Å². The molecule has 1 saturated heterocycles. The molecule has 3 nitrogen and oxygen atoms in total. The highest BCUT2D eigenvalue weighted by Gasteiger charge is 2.44. The zero-order valence-corrected chi connectivity index (χ0v) is 12.5. The molecule has 4 heteroatoms. The van der Waals surface area contributed by atoms with Gasteiger partial charge in [0.1, 0.15) is 0 Å². The monoisotopic (exact) mass is 294 g/mol. The summed E-state index contributed by atoms with van der Waals surface area (Å²) in [6.07, 6.45) is 6.96. The van der Waals surface area contributed by atoms with Gasteiger partial charge in [0.2, 0.25) is 0 Å². The van der Waals surface area contributed by atoms with Crippen LogP contribution in [0, 0.1) is 5.92 Å². The summed E-state index contributed by atoms with van der Waals surface area (Å²) in [7, 11) is 0. The van der Waals surface area contributed by atoms with Gasteiger partial charge < -0.3 is 4.74 Å². The summed E-state index contributed by atoms with van der Waals surface area (Å²) in [5.41, 5.74) is 4.49. The highest BCUT2D eigenvalue weighted by Crippen LogP contribution is 2.45. The van der Waals surface area contributed by atoms with Crippen molar-refractivity contribution in [1.82, 2.24) is 5.43 Å². The molecule has 1 heterocycles. The van der Waals surface area contributed by atoms with E-state index in [-0.39, 0.29) is 5.60 Å². The molecular formula is C16H23ClN2O. The van der Waals surface area contributed by atoms with Gasteiger partial charge in [0.05, 0.1) is 5.60 Å². The lowest BCUT2D eigenvalue weighted by atomic mass is 9.70. The molecule has 3 N–H and O–H groups in total. The molecule has 0 radical (unpaired) electrons. The van der Waals surface area contributed by atoms with Crippen molar-refractivity contribution in [1.29, 1.82) is 0 Å². The van der Waals surface area contributed by atoms with E-state index < -0.39 is 0 Å². The molecule has 1 aliphatic heterocycles. The molecule has 3 rings (SSSR count). The Kier molecular flexibility index (Phi) is 4.32. The average molecular weight is 295 g/mol. The second kappa shape index (κ2) is 6.02. The molecule has 1 aromatic rings. The maximum Gasteiger partial charge on any atom is 0.0685 e. The average Bonchev–Trinajstić information content (AvgIpc) is 2.45. The first kappa shape index (κ1) is 14.3. The highest BCUT2D eigenvalue weighted by molar-refractivity contribution is 6.30. The van der Waals surface area contributed by atoms with Crippen molar-refractivity contribution >= 4 is 11.6 Å². The van der Waals surface area contributed by atoms with Crippen molar-refractivity contribution in [3.63, 3.8) is 0 Å². The van der Waals surface area contributed by atoms with Gasteiger partial charge in [0.15, 0.2) is 0 Å². The van der Waals surface area contributed by atoms with Crippen LogP contribution in [0.2, 0.25) is 5.02 Å². The number of halogens is 1. The minimum atomic E-state index is 0.179. The summed E-state index contributed by atoms with van der Waals surface area (Å²) in [5, 5.41) is 0.783. The zero-order valence-electron chi connectivity index (χ0n) is 11.8. The number of benzene rings is 1. The second-order valence-corrected chi connectivity index (χ2v) is 6.68. The SMILES string of the molecule is NNC(Cc1ccc(Cl)cc1)C1CCOC2(CCC2)C1. The molecule has 2 atom stereocenters. The molecule has 2 unspecified atom stereocenters. The molecule has 1 aliphatic carbocycles.